The second-order valence-corrected chi connectivity index (χ2v) is 8.84. The molecule has 0 aromatic carbocycles. The van der Waals surface area contributed by atoms with Gasteiger partial charge in [-0.15, -0.1) is 0 Å². The summed E-state index contributed by atoms with van der Waals surface area (Å²) in [6.07, 6.45) is 3.40. The molecule has 6 nitrogen and oxygen atoms in total. The molecule has 1 rings (SSSR count). The summed E-state index contributed by atoms with van der Waals surface area (Å²) in [5.41, 5.74) is 5.05. The second kappa shape index (κ2) is 6.30. The normalized spacial score (nSPS) is 26.9. The Morgan fingerprint density at radius 3 is 2.60 bits per heavy atom. The molecule has 1 fully saturated rings. The fourth-order valence-corrected chi connectivity index (χ4v) is 4.62. The van der Waals surface area contributed by atoms with E-state index in [-0.39, 0.29) is 28.3 Å². The van der Waals surface area contributed by atoms with Crippen molar-refractivity contribution >= 4 is 15.7 Å². The minimum atomic E-state index is -2.86. The number of hydrogen-bond acceptors (Lipinski definition) is 5. The number of sulfone groups is 1. The maximum Gasteiger partial charge on any atom is 0.152 e. The van der Waals surface area contributed by atoms with Crippen LogP contribution < -0.4 is 11.1 Å². The average Bonchev–Trinajstić information content (AvgIpc) is 2.62. The quantitative estimate of drug-likeness (QED) is 0.215. The molecule has 118 valence electrons. The predicted molar refractivity (Wildman–Crippen MR) is 80.7 cm³/mol. The van der Waals surface area contributed by atoms with Crippen LogP contribution in [0, 0.1) is 5.41 Å². The number of amidine groups is 1. The first-order valence-electron chi connectivity index (χ1n) is 7.04. The molecule has 7 heteroatoms. The Morgan fingerprint density at radius 1 is 1.45 bits per heavy atom. The summed E-state index contributed by atoms with van der Waals surface area (Å²) in [7, 11) is -2.86. The lowest BCUT2D eigenvalue weighted by molar-refractivity contribution is 0.303. The summed E-state index contributed by atoms with van der Waals surface area (Å²) in [6, 6.07) is 0. The smallest absolute Gasteiger partial charge is 0.152 e. The van der Waals surface area contributed by atoms with Crippen molar-refractivity contribution in [2.24, 2.45) is 16.3 Å². The Bertz CT molecular complexity index is 459. The summed E-state index contributed by atoms with van der Waals surface area (Å²) in [6.45, 7) is 6.65. The molecular formula is C13H27N3O3S. The molecular weight excluding hydrogens is 278 g/mol. The van der Waals surface area contributed by atoms with Gasteiger partial charge in [0.15, 0.2) is 9.84 Å². The molecule has 0 aliphatic carbocycles. The minimum absolute atomic E-state index is 0.232. The zero-order valence-corrected chi connectivity index (χ0v) is 13.5. The third kappa shape index (κ3) is 4.94. The average molecular weight is 305 g/mol. The van der Waals surface area contributed by atoms with Crippen LogP contribution in [0.1, 0.15) is 46.5 Å². The number of oxime groups is 1. The monoisotopic (exact) mass is 305 g/mol. The van der Waals surface area contributed by atoms with Crippen LogP contribution in [-0.2, 0) is 9.84 Å². The van der Waals surface area contributed by atoms with Gasteiger partial charge in [-0.1, -0.05) is 25.4 Å². The standard InChI is InChI=1S/C13H27N3O3S/c1-12(2,11(14)16-17)6-4-5-8-15-13(3)7-9-20(18,19)10-13/h15,17H,4-10H2,1-3H3,(H2,14,16). The van der Waals surface area contributed by atoms with E-state index in [1.165, 1.54) is 0 Å². The zero-order valence-electron chi connectivity index (χ0n) is 12.6. The number of hydrogen-bond donors (Lipinski definition) is 3. The van der Waals surface area contributed by atoms with Crippen molar-refractivity contribution < 1.29 is 13.6 Å². The van der Waals surface area contributed by atoms with E-state index in [0.29, 0.717) is 6.42 Å². The molecule has 1 heterocycles. The molecule has 1 saturated heterocycles. The third-order valence-corrected chi connectivity index (χ3v) is 5.99. The van der Waals surface area contributed by atoms with Gasteiger partial charge in [-0.3, -0.25) is 0 Å². The van der Waals surface area contributed by atoms with Crippen LogP contribution >= 0.6 is 0 Å². The first-order chi connectivity index (χ1) is 9.10. The first-order valence-corrected chi connectivity index (χ1v) is 8.86. The van der Waals surface area contributed by atoms with E-state index in [1.54, 1.807) is 0 Å². The SMILES string of the molecule is CC1(NCCCCC(C)(C)C(N)=NO)CCS(=O)(=O)C1. The summed E-state index contributed by atoms with van der Waals surface area (Å²) >= 11 is 0. The minimum Gasteiger partial charge on any atom is -0.409 e. The Kier molecular flexibility index (Phi) is 5.43. The number of rotatable bonds is 7. The van der Waals surface area contributed by atoms with Gasteiger partial charge in [-0.2, -0.15) is 0 Å². The third-order valence-electron chi connectivity index (χ3n) is 4.08. The summed E-state index contributed by atoms with van der Waals surface area (Å²) in [5.74, 6) is 0.766. The van der Waals surface area contributed by atoms with Crippen LogP contribution in [0.5, 0.6) is 0 Å². The van der Waals surface area contributed by atoms with Crippen LogP contribution in [-0.4, -0.2) is 43.1 Å². The van der Waals surface area contributed by atoms with Gasteiger partial charge >= 0.3 is 0 Å². The van der Waals surface area contributed by atoms with E-state index in [9.17, 15) is 8.42 Å². The lowest BCUT2D eigenvalue weighted by atomic mass is 9.86. The van der Waals surface area contributed by atoms with Crippen molar-refractivity contribution in [3.63, 3.8) is 0 Å². The van der Waals surface area contributed by atoms with Crippen LogP contribution in [0.3, 0.4) is 0 Å². The molecule has 0 aromatic heterocycles. The van der Waals surface area contributed by atoms with Crippen molar-refractivity contribution in [2.45, 2.75) is 52.0 Å². The Morgan fingerprint density at radius 2 is 2.10 bits per heavy atom. The second-order valence-electron chi connectivity index (χ2n) is 6.66. The van der Waals surface area contributed by atoms with Gasteiger partial charge in [0.25, 0.3) is 0 Å². The number of nitrogens with zero attached hydrogens (tertiary/aromatic N) is 1. The first kappa shape index (κ1) is 17.2. The highest BCUT2D eigenvalue weighted by molar-refractivity contribution is 7.91. The Labute approximate surface area is 121 Å². The van der Waals surface area contributed by atoms with Crippen molar-refractivity contribution in [2.75, 3.05) is 18.1 Å². The van der Waals surface area contributed by atoms with Gasteiger partial charge in [0.1, 0.15) is 5.84 Å². The fraction of sp³-hybridized carbons (Fsp3) is 0.923. The molecule has 0 saturated carbocycles. The maximum atomic E-state index is 11.5. The van der Waals surface area contributed by atoms with Gasteiger partial charge in [0.05, 0.1) is 11.5 Å². The summed E-state index contributed by atoms with van der Waals surface area (Å²) in [4.78, 5) is 0. The van der Waals surface area contributed by atoms with Gasteiger partial charge in [-0.25, -0.2) is 8.42 Å². The van der Waals surface area contributed by atoms with Crippen molar-refractivity contribution in [3.8, 4) is 0 Å². The highest BCUT2D eigenvalue weighted by Crippen LogP contribution is 2.24. The van der Waals surface area contributed by atoms with Crippen molar-refractivity contribution in [1.82, 2.24) is 5.32 Å². The molecule has 1 unspecified atom stereocenters. The lowest BCUT2D eigenvalue weighted by Crippen LogP contribution is -2.43. The molecule has 1 aliphatic rings. The zero-order chi connectivity index (χ0) is 15.4. The van der Waals surface area contributed by atoms with E-state index in [2.05, 4.69) is 10.5 Å². The molecule has 0 aromatic rings. The molecule has 0 bridgehead atoms. The van der Waals surface area contributed by atoms with E-state index >= 15 is 0 Å². The van der Waals surface area contributed by atoms with E-state index in [4.69, 9.17) is 10.9 Å². The lowest BCUT2D eigenvalue weighted by Gasteiger charge is -2.25. The molecule has 20 heavy (non-hydrogen) atoms. The number of nitrogens with one attached hydrogen (secondary N) is 1. The van der Waals surface area contributed by atoms with Gasteiger partial charge < -0.3 is 16.3 Å². The Hall–Kier alpha value is -0.820. The summed E-state index contributed by atoms with van der Waals surface area (Å²) in [5, 5.41) is 15.1. The van der Waals surface area contributed by atoms with E-state index in [0.717, 1.165) is 25.8 Å². The van der Waals surface area contributed by atoms with E-state index < -0.39 is 9.84 Å². The highest BCUT2D eigenvalue weighted by Gasteiger charge is 2.37. The van der Waals surface area contributed by atoms with Gasteiger partial charge in [0.2, 0.25) is 0 Å². The van der Waals surface area contributed by atoms with Gasteiger partial charge in [0, 0.05) is 11.0 Å². The van der Waals surface area contributed by atoms with Crippen LogP contribution in [0.2, 0.25) is 0 Å². The summed E-state index contributed by atoms with van der Waals surface area (Å²) < 4.78 is 23.0. The molecule has 0 radical (unpaired) electrons. The molecule has 0 spiro atoms. The van der Waals surface area contributed by atoms with Crippen molar-refractivity contribution in [1.29, 1.82) is 0 Å². The van der Waals surface area contributed by atoms with Gasteiger partial charge in [-0.05, 0) is 32.7 Å². The number of nitrogens with two attached hydrogens (primary N) is 1. The predicted octanol–water partition coefficient (Wildman–Crippen LogP) is 1.10. The molecule has 1 atom stereocenters. The van der Waals surface area contributed by atoms with Crippen LogP contribution in [0.15, 0.2) is 5.16 Å². The van der Waals surface area contributed by atoms with Crippen LogP contribution in [0.25, 0.3) is 0 Å². The van der Waals surface area contributed by atoms with Crippen molar-refractivity contribution in [3.05, 3.63) is 0 Å². The van der Waals surface area contributed by atoms with E-state index in [1.807, 2.05) is 20.8 Å². The molecule has 1 aliphatic heterocycles. The maximum absolute atomic E-state index is 11.5. The number of unbranched alkanes of at least 4 members (excludes halogenated alkanes) is 1. The fourth-order valence-electron chi connectivity index (χ4n) is 2.50. The topological polar surface area (TPSA) is 105 Å². The largest absolute Gasteiger partial charge is 0.409 e. The Balaban J connectivity index is 2.27. The molecule has 0 amide bonds. The highest BCUT2D eigenvalue weighted by atomic mass is 32.2. The molecule has 4 N–H and O–H groups in total. The van der Waals surface area contributed by atoms with Crippen LogP contribution in [0.4, 0.5) is 0 Å².